The van der Waals surface area contributed by atoms with E-state index in [9.17, 15) is 0 Å². The van der Waals surface area contributed by atoms with E-state index >= 15 is 0 Å². The predicted octanol–water partition coefficient (Wildman–Crippen LogP) is 3.72. The molecule has 138 valence electrons. The van der Waals surface area contributed by atoms with Gasteiger partial charge in [0.05, 0.1) is 24.4 Å². The van der Waals surface area contributed by atoms with Crippen molar-refractivity contribution in [3.05, 3.63) is 0 Å². The Morgan fingerprint density at radius 1 is 0.708 bits per heavy atom. The van der Waals surface area contributed by atoms with E-state index in [-0.39, 0.29) is 5.41 Å². The first-order valence-electron chi connectivity index (χ1n) is 10.2. The van der Waals surface area contributed by atoms with Gasteiger partial charge in [-0.2, -0.15) is 0 Å². The van der Waals surface area contributed by atoms with Crippen LogP contribution in [-0.4, -0.2) is 50.8 Å². The monoisotopic (exact) mass is 338 g/mol. The van der Waals surface area contributed by atoms with Crippen molar-refractivity contribution in [1.82, 2.24) is 0 Å². The molecule has 4 nitrogen and oxygen atoms in total. The Kier molecular flexibility index (Phi) is 5.47. The minimum atomic E-state index is 0.0928. The van der Waals surface area contributed by atoms with Gasteiger partial charge in [-0.15, -0.1) is 0 Å². The average Bonchev–Trinajstić information content (AvgIpc) is 3.41. The Labute approximate surface area is 146 Å². The maximum Gasteiger partial charge on any atom is 0.0654 e. The van der Waals surface area contributed by atoms with Crippen LogP contribution < -0.4 is 0 Å². The zero-order valence-electron chi connectivity index (χ0n) is 15.2. The molecule has 4 aliphatic rings. The molecule has 4 heterocycles. The van der Waals surface area contributed by atoms with Crippen LogP contribution in [0.5, 0.6) is 0 Å². The standard InChI is InChI=1S/C20H34O4/c1-20(18-8-4-12-23-18,19-9-5-13-24-19)14-15(16-6-2-10-21-16)17-7-3-11-22-17/h15-19H,2-14H2,1H3. The van der Waals surface area contributed by atoms with Crippen molar-refractivity contribution in [2.45, 2.75) is 89.1 Å². The first kappa shape index (κ1) is 17.3. The van der Waals surface area contributed by atoms with Gasteiger partial charge >= 0.3 is 0 Å². The van der Waals surface area contributed by atoms with Gasteiger partial charge in [-0.1, -0.05) is 6.92 Å². The van der Waals surface area contributed by atoms with Crippen LogP contribution in [0.1, 0.15) is 64.7 Å². The van der Waals surface area contributed by atoms with Gasteiger partial charge < -0.3 is 18.9 Å². The number of rotatable bonds is 6. The third-order valence-electron chi connectivity index (χ3n) is 6.89. The SMILES string of the molecule is CC(CC(C1CCCO1)C1CCCO1)(C1CCCO1)C1CCCO1. The second kappa shape index (κ2) is 7.61. The van der Waals surface area contributed by atoms with Crippen molar-refractivity contribution < 1.29 is 18.9 Å². The largest absolute Gasteiger partial charge is 0.378 e. The summed E-state index contributed by atoms with van der Waals surface area (Å²) in [6.45, 7) is 6.10. The molecule has 24 heavy (non-hydrogen) atoms. The first-order chi connectivity index (χ1) is 11.8. The van der Waals surface area contributed by atoms with Crippen LogP contribution in [0.15, 0.2) is 0 Å². The summed E-state index contributed by atoms with van der Waals surface area (Å²) in [6, 6.07) is 0. The van der Waals surface area contributed by atoms with E-state index < -0.39 is 0 Å². The zero-order valence-corrected chi connectivity index (χ0v) is 15.2. The molecule has 4 unspecified atom stereocenters. The Balaban J connectivity index is 1.55. The highest BCUT2D eigenvalue weighted by Crippen LogP contribution is 2.47. The molecule has 4 atom stereocenters. The van der Waals surface area contributed by atoms with Gasteiger partial charge in [0.25, 0.3) is 0 Å². The minimum Gasteiger partial charge on any atom is -0.378 e. The predicted molar refractivity (Wildman–Crippen MR) is 92.1 cm³/mol. The molecular formula is C20H34O4. The Hall–Kier alpha value is -0.160. The van der Waals surface area contributed by atoms with Crippen LogP contribution in [-0.2, 0) is 18.9 Å². The normalized spacial score (nSPS) is 40.9. The molecule has 0 bridgehead atoms. The van der Waals surface area contributed by atoms with Gasteiger partial charge in [-0.05, 0) is 57.8 Å². The van der Waals surface area contributed by atoms with E-state index in [1.165, 1.54) is 51.4 Å². The van der Waals surface area contributed by atoms with Crippen LogP contribution in [0.25, 0.3) is 0 Å². The van der Waals surface area contributed by atoms with Crippen LogP contribution >= 0.6 is 0 Å². The summed E-state index contributed by atoms with van der Waals surface area (Å²) < 4.78 is 24.7. The molecule has 0 aromatic rings. The summed E-state index contributed by atoms with van der Waals surface area (Å²) >= 11 is 0. The van der Waals surface area contributed by atoms with Crippen LogP contribution in [0, 0.1) is 11.3 Å². The van der Waals surface area contributed by atoms with Gasteiger partial charge in [0, 0.05) is 37.8 Å². The van der Waals surface area contributed by atoms with Gasteiger partial charge in [0.2, 0.25) is 0 Å². The van der Waals surface area contributed by atoms with Gasteiger partial charge in [-0.25, -0.2) is 0 Å². The van der Waals surface area contributed by atoms with E-state index in [1.54, 1.807) is 0 Å². The second-order valence-corrected chi connectivity index (χ2v) is 8.48. The maximum atomic E-state index is 6.20. The van der Waals surface area contributed by atoms with Crippen molar-refractivity contribution in [3.63, 3.8) is 0 Å². The molecule has 0 saturated carbocycles. The van der Waals surface area contributed by atoms with Crippen molar-refractivity contribution in [1.29, 1.82) is 0 Å². The number of hydrogen-bond donors (Lipinski definition) is 0. The fourth-order valence-electron chi connectivity index (χ4n) is 5.56. The van der Waals surface area contributed by atoms with Gasteiger partial charge in [0.15, 0.2) is 0 Å². The minimum absolute atomic E-state index is 0.0928. The molecule has 0 aliphatic carbocycles. The third-order valence-corrected chi connectivity index (χ3v) is 6.89. The Morgan fingerprint density at radius 2 is 1.17 bits per heavy atom. The van der Waals surface area contributed by atoms with E-state index in [1.807, 2.05) is 0 Å². The Bertz CT molecular complexity index is 356. The average molecular weight is 338 g/mol. The summed E-state index contributed by atoms with van der Waals surface area (Å²) in [4.78, 5) is 0. The van der Waals surface area contributed by atoms with Crippen molar-refractivity contribution >= 4 is 0 Å². The first-order valence-corrected chi connectivity index (χ1v) is 10.2. The summed E-state index contributed by atoms with van der Waals surface area (Å²) in [6.07, 6.45) is 12.1. The third kappa shape index (κ3) is 3.40. The van der Waals surface area contributed by atoms with E-state index in [4.69, 9.17) is 18.9 Å². The molecule has 0 spiro atoms. The molecule has 4 fully saturated rings. The van der Waals surface area contributed by atoms with E-state index in [0.717, 1.165) is 32.8 Å². The quantitative estimate of drug-likeness (QED) is 0.740. The Morgan fingerprint density at radius 3 is 1.54 bits per heavy atom. The summed E-state index contributed by atoms with van der Waals surface area (Å²) in [5.74, 6) is 0.494. The lowest BCUT2D eigenvalue weighted by molar-refractivity contribution is -0.114. The molecule has 4 saturated heterocycles. The molecule has 4 heteroatoms. The van der Waals surface area contributed by atoms with Crippen molar-refractivity contribution in [3.8, 4) is 0 Å². The van der Waals surface area contributed by atoms with Crippen LogP contribution in [0.4, 0.5) is 0 Å². The highest BCUT2D eigenvalue weighted by molar-refractivity contribution is 4.98. The molecule has 0 N–H and O–H groups in total. The van der Waals surface area contributed by atoms with E-state index in [2.05, 4.69) is 6.92 Å². The highest BCUT2D eigenvalue weighted by atomic mass is 16.5. The highest BCUT2D eigenvalue weighted by Gasteiger charge is 2.49. The lowest BCUT2D eigenvalue weighted by Gasteiger charge is -2.44. The van der Waals surface area contributed by atoms with Crippen molar-refractivity contribution in [2.24, 2.45) is 11.3 Å². The summed E-state index contributed by atoms with van der Waals surface area (Å²) in [5, 5.41) is 0. The van der Waals surface area contributed by atoms with E-state index in [0.29, 0.717) is 30.3 Å². The molecule has 0 aromatic carbocycles. The van der Waals surface area contributed by atoms with Crippen LogP contribution in [0.3, 0.4) is 0 Å². The number of ether oxygens (including phenoxy) is 4. The maximum absolute atomic E-state index is 6.20. The van der Waals surface area contributed by atoms with Gasteiger partial charge in [0.1, 0.15) is 0 Å². The van der Waals surface area contributed by atoms with Crippen LogP contribution in [0.2, 0.25) is 0 Å². The molecule has 0 radical (unpaired) electrons. The second-order valence-electron chi connectivity index (χ2n) is 8.48. The molecule has 4 rings (SSSR count). The molecule has 0 amide bonds. The summed E-state index contributed by atoms with van der Waals surface area (Å²) in [7, 11) is 0. The van der Waals surface area contributed by atoms with Crippen molar-refractivity contribution in [2.75, 3.05) is 26.4 Å². The number of hydrogen-bond acceptors (Lipinski definition) is 4. The fraction of sp³-hybridized carbons (Fsp3) is 1.00. The fourth-order valence-corrected chi connectivity index (χ4v) is 5.56. The molecular weight excluding hydrogens is 304 g/mol. The lowest BCUT2D eigenvalue weighted by atomic mass is 9.68. The zero-order chi connectivity index (χ0) is 16.4. The topological polar surface area (TPSA) is 36.9 Å². The smallest absolute Gasteiger partial charge is 0.0654 e. The lowest BCUT2D eigenvalue weighted by Crippen LogP contribution is -2.47. The summed E-state index contributed by atoms with van der Waals surface area (Å²) in [5.41, 5.74) is 0.0928. The van der Waals surface area contributed by atoms with Gasteiger partial charge in [-0.3, -0.25) is 0 Å². The molecule has 4 aliphatic heterocycles. The molecule has 0 aromatic heterocycles.